The molecule has 0 aliphatic heterocycles. The highest BCUT2D eigenvalue weighted by Gasteiger charge is 2.41. The summed E-state index contributed by atoms with van der Waals surface area (Å²) in [5, 5.41) is 6.18. The Hall–Kier alpha value is -3.51. The largest absolute Gasteiger partial charge is 0.462 e. The summed E-state index contributed by atoms with van der Waals surface area (Å²) in [4.78, 5) is 39.4. The summed E-state index contributed by atoms with van der Waals surface area (Å²) in [6.45, 7) is 21.4. The number of fused-ring (bicyclic) bond motifs is 1. The van der Waals surface area contributed by atoms with Crippen LogP contribution in [-0.2, 0) is 13.9 Å². The van der Waals surface area contributed by atoms with Crippen LogP contribution in [0.1, 0.15) is 96.0 Å². The SMILES string of the molecule is CCOC(=O)c1cc(-c2c(F)ccc3nc(C)c(NC4CC4)nc23)[nH]c1[C@H](NC(=O)OC(C)(C)C)[C@H](C)O[Si](C)(C)C(C)(C)C. The number of hydrogen-bond donors (Lipinski definition) is 3. The maximum absolute atomic E-state index is 15.8. The minimum Gasteiger partial charge on any atom is -0.462 e. The predicted octanol–water partition coefficient (Wildman–Crippen LogP) is 7.80. The quantitative estimate of drug-likeness (QED) is 0.151. The molecule has 2 atom stereocenters. The second-order valence-corrected chi connectivity index (χ2v) is 19.1. The van der Waals surface area contributed by atoms with E-state index in [2.05, 4.69) is 49.5 Å². The van der Waals surface area contributed by atoms with Crippen LogP contribution >= 0.6 is 0 Å². The highest BCUT2D eigenvalue weighted by atomic mass is 28.4. The van der Waals surface area contributed by atoms with Crippen molar-refractivity contribution in [2.24, 2.45) is 0 Å². The van der Waals surface area contributed by atoms with Crippen molar-refractivity contribution < 1.29 is 27.9 Å². The van der Waals surface area contributed by atoms with Crippen LogP contribution in [0.5, 0.6) is 0 Å². The van der Waals surface area contributed by atoms with Gasteiger partial charge < -0.3 is 29.5 Å². The zero-order valence-electron chi connectivity index (χ0n) is 28.4. The second kappa shape index (κ2) is 12.7. The Labute approximate surface area is 266 Å². The van der Waals surface area contributed by atoms with Gasteiger partial charge in [-0.1, -0.05) is 20.8 Å². The minimum atomic E-state index is -2.35. The number of alkyl carbamates (subject to hydrolysis) is 1. The van der Waals surface area contributed by atoms with Gasteiger partial charge >= 0.3 is 12.1 Å². The number of aryl methyl sites for hydroxylation is 1. The lowest BCUT2D eigenvalue weighted by Crippen LogP contribution is -2.48. The van der Waals surface area contributed by atoms with Crippen molar-refractivity contribution in [1.29, 1.82) is 0 Å². The zero-order valence-corrected chi connectivity index (χ0v) is 29.4. The number of rotatable bonds is 10. The molecule has 45 heavy (non-hydrogen) atoms. The fraction of sp³-hybridized carbons (Fsp3) is 0.576. The van der Waals surface area contributed by atoms with Gasteiger partial charge in [0.2, 0.25) is 0 Å². The Bertz CT molecular complexity index is 1570. The topological polar surface area (TPSA) is 127 Å². The molecule has 0 unspecified atom stereocenters. The number of amides is 1. The van der Waals surface area contributed by atoms with E-state index in [0.717, 1.165) is 12.8 Å². The molecular formula is C33H48FN5O5Si. The first kappa shape index (κ1) is 34.4. The summed E-state index contributed by atoms with van der Waals surface area (Å²) < 4.78 is 33.5. The highest BCUT2D eigenvalue weighted by Crippen LogP contribution is 2.40. The van der Waals surface area contributed by atoms with Crippen molar-refractivity contribution in [3.8, 4) is 11.3 Å². The maximum Gasteiger partial charge on any atom is 0.408 e. The van der Waals surface area contributed by atoms with Crippen molar-refractivity contribution in [2.45, 2.75) is 117 Å². The van der Waals surface area contributed by atoms with Crippen molar-refractivity contribution >= 4 is 37.2 Å². The molecule has 2 heterocycles. The molecule has 1 aliphatic rings. The Morgan fingerprint density at radius 3 is 2.38 bits per heavy atom. The van der Waals surface area contributed by atoms with Gasteiger partial charge in [0.25, 0.3) is 0 Å². The molecule has 1 aliphatic carbocycles. The molecule has 12 heteroatoms. The third-order valence-corrected chi connectivity index (χ3v) is 12.8. The van der Waals surface area contributed by atoms with Crippen LogP contribution in [0.3, 0.4) is 0 Å². The van der Waals surface area contributed by atoms with Crippen LogP contribution in [0.15, 0.2) is 18.2 Å². The molecule has 1 aromatic carbocycles. The number of anilines is 1. The van der Waals surface area contributed by atoms with Crippen LogP contribution < -0.4 is 10.6 Å². The molecule has 246 valence electrons. The summed E-state index contributed by atoms with van der Waals surface area (Å²) >= 11 is 0. The van der Waals surface area contributed by atoms with E-state index in [-0.39, 0.29) is 22.8 Å². The molecule has 4 rings (SSSR count). The van der Waals surface area contributed by atoms with Crippen molar-refractivity contribution in [2.75, 3.05) is 11.9 Å². The lowest BCUT2D eigenvalue weighted by molar-refractivity contribution is 0.0430. The Morgan fingerprint density at radius 2 is 1.80 bits per heavy atom. The molecule has 1 saturated carbocycles. The average molecular weight is 642 g/mol. The van der Waals surface area contributed by atoms with Crippen LogP contribution in [-0.4, -0.2) is 59.7 Å². The first-order valence-electron chi connectivity index (χ1n) is 15.6. The maximum atomic E-state index is 15.8. The number of benzene rings is 1. The number of H-pyrrole nitrogens is 1. The number of hydrogen-bond acceptors (Lipinski definition) is 8. The normalized spacial score (nSPS) is 15.5. The van der Waals surface area contributed by atoms with E-state index in [0.29, 0.717) is 40.0 Å². The molecule has 0 bridgehead atoms. The highest BCUT2D eigenvalue weighted by molar-refractivity contribution is 6.74. The minimum absolute atomic E-state index is 0.127. The Kier molecular flexibility index (Phi) is 9.70. The molecule has 10 nitrogen and oxygen atoms in total. The number of esters is 1. The van der Waals surface area contributed by atoms with E-state index in [1.807, 2.05) is 13.8 Å². The standard InChI is InChI=1S/C33H48FN5O5Si/c1-12-42-30(40)21-17-24(25-22(34)15-16-23-28(25)38-29(18(2)35-23)36-20-13-14-20)37-27(21)26(39-31(41)43-32(4,5)6)19(3)44-45(10,11)33(7,8)9/h15-17,19-20,26,37H,12-14H2,1-11H3,(H,36,38)(H,39,41)/t19-,26+/m0/s1. The van der Waals surface area contributed by atoms with Gasteiger partial charge in [-0.15, -0.1) is 0 Å². The molecule has 2 aromatic heterocycles. The lowest BCUT2D eigenvalue weighted by atomic mass is 10.0. The third-order valence-electron chi connectivity index (χ3n) is 8.23. The number of ether oxygens (including phenoxy) is 2. The van der Waals surface area contributed by atoms with Crippen molar-refractivity contribution in [3.63, 3.8) is 0 Å². The molecule has 1 amide bonds. The first-order valence-corrected chi connectivity index (χ1v) is 18.5. The summed E-state index contributed by atoms with van der Waals surface area (Å²) in [7, 11) is -2.35. The Balaban J connectivity index is 1.90. The van der Waals surface area contributed by atoms with E-state index in [4.69, 9.17) is 23.9 Å². The van der Waals surface area contributed by atoms with E-state index >= 15 is 4.39 Å². The van der Waals surface area contributed by atoms with Crippen molar-refractivity contribution in [1.82, 2.24) is 20.3 Å². The number of carbonyl (C=O) groups excluding carboxylic acids is 2. The number of nitrogens with zero attached hydrogens (tertiary/aromatic N) is 2. The van der Waals surface area contributed by atoms with E-state index in [9.17, 15) is 9.59 Å². The van der Waals surface area contributed by atoms with Gasteiger partial charge in [0.15, 0.2) is 8.32 Å². The summed E-state index contributed by atoms with van der Waals surface area (Å²) in [5.74, 6) is -0.567. The van der Waals surface area contributed by atoms with Crippen LogP contribution in [0.25, 0.3) is 22.3 Å². The molecule has 1 fully saturated rings. The third kappa shape index (κ3) is 8.02. The van der Waals surface area contributed by atoms with Gasteiger partial charge in [0.1, 0.15) is 22.8 Å². The zero-order chi connectivity index (χ0) is 33.5. The van der Waals surface area contributed by atoms with Crippen molar-refractivity contribution in [3.05, 3.63) is 41.0 Å². The van der Waals surface area contributed by atoms with Gasteiger partial charge in [-0.3, -0.25) is 0 Å². The smallest absolute Gasteiger partial charge is 0.408 e. The molecule has 3 N–H and O–H groups in total. The monoisotopic (exact) mass is 641 g/mol. The molecule has 0 saturated heterocycles. The molecule has 0 spiro atoms. The number of halogens is 1. The first-order chi connectivity index (χ1) is 20.8. The molecule has 0 radical (unpaired) electrons. The van der Waals surface area contributed by atoms with E-state index in [1.165, 1.54) is 6.07 Å². The fourth-order valence-electron chi connectivity index (χ4n) is 4.80. The second-order valence-electron chi connectivity index (χ2n) is 14.3. The molecule has 3 aromatic rings. The van der Waals surface area contributed by atoms with Crippen LogP contribution in [0.4, 0.5) is 15.0 Å². The van der Waals surface area contributed by atoms with Gasteiger partial charge in [-0.05, 0) is 90.7 Å². The van der Waals surface area contributed by atoms with E-state index in [1.54, 1.807) is 39.8 Å². The Morgan fingerprint density at radius 1 is 1.13 bits per heavy atom. The van der Waals surface area contributed by atoms with E-state index < -0.39 is 43.9 Å². The number of aromatic amines is 1. The molecular weight excluding hydrogens is 593 g/mol. The van der Waals surface area contributed by atoms with Gasteiger partial charge in [-0.25, -0.2) is 23.9 Å². The van der Waals surface area contributed by atoms with Gasteiger partial charge in [0, 0.05) is 6.04 Å². The summed E-state index contributed by atoms with van der Waals surface area (Å²) in [6, 6.07) is 3.92. The van der Waals surface area contributed by atoms with Gasteiger partial charge in [-0.2, -0.15) is 0 Å². The summed E-state index contributed by atoms with van der Waals surface area (Å²) in [6.07, 6.45) is 0.795. The van der Waals surface area contributed by atoms with Crippen LogP contribution in [0.2, 0.25) is 18.1 Å². The van der Waals surface area contributed by atoms with Gasteiger partial charge in [0.05, 0.1) is 52.5 Å². The fourth-order valence-corrected chi connectivity index (χ4v) is 6.21. The number of carbonyl (C=O) groups is 2. The number of nitrogens with one attached hydrogen (secondary N) is 3. The summed E-state index contributed by atoms with van der Waals surface area (Å²) in [5.41, 5.74) is 1.71. The van der Waals surface area contributed by atoms with Crippen LogP contribution in [0, 0.1) is 12.7 Å². The average Bonchev–Trinajstić information content (AvgIpc) is 3.61. The number of aromatic nitrogens is 3. The lowest BCUT2D eigenvalue weighted by Gasteiger charge is -2.40. The predicted molar refractivity (Wildman–Crippen MR) is 176 cm³/mol.